The molecule has 4 aromatic carbocycles. The number of aliphatic hydroxyl groups is 1. The van der Waals surface area contributed by atoms with Gasteiger partial charge in [0.25, 0.3) is 0 Å². The molecule has 0 aliphatic heterocycles. The summed E-state index contributed by atoms with van der Waals surface area (Å²) in [7, 11) is 0. The number of hydrogen-bond acceptors (Lipinski definition) is 6. The maximum Gasteiger partial charge on any atom is 0.153 e. The van der Waals surface area contributed by atoms with Crippen molar-refractivity contribution in [1.82, 2.24) is 19.6 Å². The number of hydrogen-bond donors (Lipinski definition) is 1. The molecule has 4 aromatic heterocycles. The molecule has 0 spiro atoms. The summed E-state index contributed by atoms with van der Waals surface area (Å²) in [4.78, 5) is 11.3. The normalized spacial score (nSPS) is 10.9. The second-order valence-corrected chi connectivity index (χ2v) is 11.1. The highest BCUT2D eigenvalue weighted by Gasteiger charge is 2.17. The van der Waals surface area contributed by atoms with Gasteiger partial charge in [0, 0.05) is 5.56 Å². The Balaban J connectivity index is 0.000000157. The van der Waals surface area contributed by atoms with Crippen molar-refractivity contribution in [2.75, 3.05) is 0 Å². The number of benzene rings is 4. The van der Waals surface area contributed by atoms with Gasteiger partial charge in [-0.15, -0.1) is 0 Å². The summed E-state index contributed by atoms with van der Waals surface area (Å²) in [5, 5.41) is 18.2. The summed E-state index contributed by atoms with van der Waals surface area (Å²) < 4.78 is 40.4. The van der Waals surface area contributed by atoms with E-state index in [0.29, 0.717) is 28.3 Å². The summed E-state index contributed by atoms with van der Waals surface area (Å²) in [5.41, 5.74) is 7.93. The van der Waals surface area contributed by atoms with E-state index in [2.05, 4.69) is 10.2 Å². The Morgan fingerprint density at radius 2 is 1.00 bits per heavy atom. The molecule has 8 aromatic rings. The van der Waals surface area contributed by atoms with Crippen molar-refractivity contribution in [1.29, 1.82) is 0 Å². The van der Waals surface area contributed by atoms with Crippen LogP contribution < -0.4 is 0 Å². The summed E-state index contributed by atoms with van der Waals surface area (Å²) in [6.07, 6.45) is 7.04. The second kappa shape index (κ2) is 14.2. The predicted molar refractivity (Wildman–Crippen MR) is 185 cm³/mol. The fraction of sp³-hybridized carbons (Fsp3) is 0.0250. The molecule has 1 N–H and O–H groups in total. The summed E-state index contributed by atoms with van der Waals surface area (Å²) in [6.45, 7) is -0.121. The van der Waals surface area contributed by atoms with E-state index in [1.165, 1.54) is 30.5 Å². The quantitative estimate of drug-likeness (QED) is 0.162. The molecule has 0 fully saturated rings. The first-order valence-electron chi connectivity index (χ1n) is 15.5. The highest BCUT2D eigenvalue weighted by molar-refractivity contribution is 5.85. The smallest absolute Gasteiger partial charge is 0.153 e. The van der Waals surface area contributed by atoms with Gasteiger partial charge < -0.3 is 13.9 Å². The largest absolute Gasteiger partial charge is 0.463 e. The SMILES string of the molecule is O=Cc1cnn(-c2ccc(-c3ccc(F)cc3)cc2)c1-c1ccco1.OCc1cnn(-c2ccc(-c3ccc(F)cc3)cc2)c1-c1ccco1. The summed E-state index contributed by atoms with van der Waals surface area (Å²) in [5.74, 6) is 0.698. The summed E-state index contributed by atoms with van der Waals surface area (Å²) in [6, 6.07) is 35.3. The zero-order chi connectivity index (χ0) is 34.5. The molecule has 8 nitrogen and oxygen atoms in total. The van der Waals surface area contributed by atoms with Gasteiger partial charge in [-0.1, -0.05) is 48.5 Å². The Bertz CT molecular complexity index is 2310. The van der Waals surface area contributed by atoms with Crippen molar-refractivity contribution < 1.29 is 27.5 Å². The third kappa shape index (κ3) is 6.55. The number of aldehydes is 1. The van der Waals surface area contributed by atoms with Crippen LogP contribution in [0.4, 0.5) is 8.78 Å². The number of carbonyl (C=O) groups is 1. The molecular formula is C40H28F2N4O4. The van der Waals surface area contributed by atoms with Crippen molar-refractivity contribution in [2.24, 2.45) is 0 Å². The maximum atomic E-state index is 13.1. The monoisotopic (exact) mass is 666 g/mol. The van der Waals surface area contributed by atoms with Gasteiger partial charge in [-0.3, -0.25) is 4.79 Å². The van der Waals surface area contributed by atoms with Gasteiger partial charge in [-0.2, -0.15) is 10.2 Å². The van der Waals surface area contributed by atoms with Crippen LogP contribution in [0.5, 0.6) is 0 Å². The van der Waals surface area contributed by atoms with E-state index in [1.54, 1.807) is 70.6 Å². The van der Waals surface area contributed by atoms with Gasteiger partial charge in [-0.25, -0.2) is 18.1 Å². The van der Waals surface area contributed by atoms with Crippen LogP contribution in [0.15, 0.2) is 155 Å². The first kappa shape index (κ1) is 31.9. The van der Waals surface area contributed by atoms with Crippen LogP contribution in [-0.2, 0) is 6.61 Å². The molecule has 0 atom stereocenters. The first-order chi connectivity index (χ1) is 24.5. The maximum absolute atomic E-state index is 13.1. The third-order valence-corrected chi connectivity index (χ3v) is 8.03. The van der Waals surface area contributed by atoms with E-state index in [1.807, 2.05) is 54.6 Å². The zero-order valence-electron chi connectivity index (χ0n) is 26.4. The number of rotatable bonds is 8. The molecule has 0 radical (unpaired) electrons. The van der Waals surface area contributed by atoms with E-state index < -0.39 is 0 Å². The lowest BCUT2D eigenvalue weighted by Crippen LogP contribution is -1.99. The molecule has 0 unspecified atom stereocenters. The Morgan fingerprint density at radius 1 is 0.580 bits per heavy atom. The molecule has 0 saturated carbocycles. The molecule has 0 amide bonds. The van der Waals surface area contributed by atoms with Crippen LogP contribution in [0, 0.1) is 11.6 Å². The van der Waals surface area contributed by atoms with Crippen LogP contribution in [0.1, 0.15) is 15.9 Å². The molecule has 8 rings (SSSR count). The highest BCUT2D eigenvalue weighted by atomic mass is 19.1. The number of nitrogens with zero attached hydrogens (tertiary/aromatic N) is 4. The zero-order valence-corrected chi connectivity index (χ0v) is 26.4. The summed E-state index contributed by atoms with van der Waals surface area (Å²) >= 11 is 0. The van der Waals surface area contributed by atoms with Gasteiger partial charge in [-0.05, 0) is 95.1 Å². The van der Waals surface area contributed by atoms with Crippen LogP contribution in [0.2, 0.25) is 0 Å². The minimum absolute atomic E-state index is 0.121. The number of furan rings is 2. The van der Waals surface area contributed by atoms with Gasteiger partial charge in [0.15, 0.2) is 17.8 Å². The van der Waals surface area contributed by atoms with Crippen LogP contribution >= 0.6 is 0 Å². The molecule has 0 bridgehead atoms. The molecule has 10 heteroatoms. The number of carbonyl (C=O) groups excluding carboxylic acids is 1. The third-order valence-electron chi connectivity index (χ3n) is 8.03. The number of aromatic nitrogens is 4. The van der Waals surface area contributed by atoms with E-state index in [4.69, 9.17) is 8.83 Å². The minimum Gasteiger partial charge on any atom is -0.463 e. The number of aliphatic hydroxyl groups excluding tert-OH is 1. The standard InChI is InChI=1S/C20H15FN2O2.C20H13FN2O2/c2*21-17-7-3-14(4-8-17)15-5-9-18(10-6-15)23-20(16(13-24)12-22-23)19-2-1-11-25-19/h1-12,24H,13H2;1-13H. The average Bonchev–Trinajstić information content (AvgIpc) is 3.99. The van der Waals surface area contributed by atoms with Crippen LogP contribution in [-0.4, -0.2) is 31.0 Å². The van der Waals surface area contributed by atoms with Crippen molar-refractivity contribution in [3.05, 3.63) is 169 Å². The molecule has 4 heterocycles. The van der Waals surface area contributed by atoms with Crippen molar-refractivity contribution in [3.8, 4) is 56.5 Å². The van der Waals surface area contributed by atoms with Gasteiger partial charge in [0.05, 0.1) is 48.5 Å². The van der Waals surface area contributed by atoms with Crippen molar-refractivity contribution >= 4 is 6.29 Å². The second-order valence-electron chi connectivity index (χ2n) is 11.1. The van der Waals surface area contributed by atoms with E-state index in [9.17, 15) is 18.7 Å². The fourth-order valence-corrected chi connectivity index (χ4v) is 5.55. The minimum atomic E-state index is -0.263. The molecular weight excluding hydrogens is 638 g/mol. The highest BCUT2D eigenvalue weighted by Crippen LogP contribution is 2.30. The Morgan fingerprint density at radius 3 is 1.42 bits per heavy atom. The molecule has 0 saturated heterocycles. The Hall–Kier alpha value is -6.65. The molecule has 246 valence electrons. The molecule has 50 heavy (non-hydrogen) atoms. The van der Waals surface area contributed by atoms with Crippen molar-refractivity contribution in [3.63, 3.8) is 0 Å². The topological polar surface area (TPSA) is 99.2 Å². The van der Waals surface area contributed by atoms with Crippen LogP contribution in [0.3, 0.4) is 0 Å². The predicted octanol–water partition coefficient (Wildman–Crippen LogP) is 9.18. The Labute approximate surface area is 285 Å². The lowest BCUT2D eigenvalue weighted by atomic mass is 10.1. The van der Waals surface area contributed by atoms with Gasteiger partial charge in [0.1, 0.15) is 23.0 Å². The number of halogens is 2. The lowest BCUT2D eigenvalue weighted by molar-refractivity contribution is 0.112. The van der Waals surface area contributed by atoms with Crippen LogP contribution in [0.25, 0.3) is 56.5 Å². The molecule has 0 aliphatic carbocycles. The first-order valence-corrected chi connectivity index (χ1v) is 15.5. The van der Waals surface area contributed by atoms with Gasteiger partial charge in [0.2, 0.25) is 0 Å². The fourth-order valence-electron chi connectivity index (χ4n) is 5.55. The Kier molecular flexibility index (Phi) is 9.08. The van der Waals surface area contributed by atoms with E-state index in [-0.39, 0.29) is 18.2 Å². The van der Waals surface area contributed by atoms with Gasteiger partial charge >= 0.3 is 0 Å². The molecule has 0 aliphatic rings. The average molecular weight is 667 g/mol. The van der Waals surface area contributed by atoms with E-state index >= 15 is 0 Å². The van der Waals surface area contributed by atoms with E-state index in [0.717, 1.165) is 45.6 Å². The lowest BCUT2D eigenvalue weighted by Gasteiger charge is -2.08. The van der Waals surface area contributed by atoms with Crippen molar-refractivity contribution in [2.45, 2.75) is 6.61 Å².